The van der Waals surface area contributed by atoms with Crippen LogP contribution in [0.2, 0.25) is 0 Å². The molecule has 2 unspecified atom stereocenters. The zero-order chi connectivity index (χ0) is 13.8. The van der Waals surface area contributed by atoms with Gasteiger partial charge in [0.05, 0.1) is 12.0 Å². The van der Waals surface area contributed by atoms with Crippen LogP contribution in [0.4, 0.5) is 13.2 Å². The first-order valence-electron chi connectivity index (χ1n) is 5.92. The van der Waals surface area contributed by atoms with E-state index in [9.17, 15) is 18.0 Å². The molecule has 0 aliphatic rings. The molecule has 0 radical (unpaired) electrons. The van der Waals surface area contributed by atoms with Crippen LogP contribution >= 0.6 is 0 Å². The van der Waals surface area contributed by atoms with Crippen molar-refractivity contribution < 1.29 is 18.0 Å². The lowest BCUT2D eigenvalue weighted by Gasteiger charge is -2.25. The molecule has 0 rings (SSSR count). The average molecular weight is 253 g/mol. The first-order valence-corrected chi connectivity index (χ1v) is 5.92. The third-order valence-corrected chi connectivity index (χ3v) is 2.60. The van der Waals surface area contributed by atoms with Gasteiger partial charge in [-0.15, -0.1) is 0 Å². The summed E-state index contributed by atoms with van der Waals surface area (Å²) in [4.78, 5) is 11.8. The Kier molecular flexibility index (Phi) is 6.16. The molecular formula is C12H22F3NO. The smallest absolute Gasteiger partial charge is 0.305 e. The Labute approximate surface area is 101 Å². The third-order valence-electron chi connectivity index (χ3n) is 2.60. The number of carbonyl (C=O) groups excluding carboxylic acids is 1. The molecule has 5 heteroatoms. The van der Waals surface area contributed by atoms with E-state index in [-0.39, 0.29) is 24.2 Å². The third kappa shape index (κ3) is 6.05. The Morgan fingerprint density at radius 2 is 1.59 bits per heavy atom. The van der Waals surface area contributed by atoms with Gasteiger partial charge in [-0.1, -0.05) is 34.6 Å². The summed E-state index contributed by atoms with van der Waals surface area (Å²) < 4.78 is 37.4. The van der Waals surface area contributed by atoms with E-state index in [0.29, 0.717) is 0 Å². The Bertz CT molecular complexity index is 249. The number of hydrogen-bond acceptors (Lipinski definition) is 2. The van der Waals surface area contributed by atoms with Crippen LogP contribution in [-0.2, 0) is 4.79 Å². The van der Waals surface area contributed by atoms with E-state index < -0.39 is 18.1 Å². The molecule has 0 aromatic heterocycles. The molecule has 0 spiro atoms. The molecule has 0 amide bonds. The van der Waals surface area contributed by atoms with Gasteiger partial charge in [-0.05, 0) is 6.42 Å². The highest BCUT2D eigenvalue weighted by Gasteiger charge is 2.38. The lowest BCUT2D eigenvalue weighted by Crippen LogP contribution is -2.45. The predicted molar refractivity (Wildman–Crippen MR) is 61.7 cm³/mol. The fourth-order valence-corrected chi connectivity index (χ4v) is 1.56. The van der Waals surface area contributed by atoms with Crippen LogP contribution < -0.4 is 5.32 Å². The minimum absolute atomic E-state index is 0.0110. The van der Waals surface area contributed by atoms with Crippen LogP contribution in [0.1, 0.15) is 41.0 Å². The first-order chi connectivity index (χ1) is 7.55. The van der Waals surface area contributed by atoms with E-state index in [1.807, 2.05) is 13.8 Å². The molecule has 17 heavy (non-hydrogen) atoms. The fraction of sp³-hybridized carbons (Fsp3) is 0.917. The number of carbonyl (C=O) groups is 1. The number of halogens is 3. The van der Waals surface area contributed by atoms with Gasteiger partial charge in [-0.25, -0.2) is 0 Å². The number of ketones is 1. The monoisotopic (exact) mass is 253 g/mol. The molecule has 1 N–H and O–H groups in total. The minimum Gasteiger partial charge on any atom is -0.305 e. The summed E-state index contributed by atoms with van der Waals surface area (Å²) >= 11 is 0. The molecule has 0 aliphatic carbocycles. The molecule has 0 aromatic carbocycles. The summed E-state index contributed by atoms with van der Waals surface area (Å²) in [5.41, 5.74) is 0. The summed E-state index contributed by atoms with van der Waals surface area (Å²) in [7, 11) is 0. The van der Waals surface area contributed by atoms with Gasteiger partial charge in [-0.3, -0.25) is 4.79 Å². The van der Waals surface area contributed by atoms with E-state index in [2.05, 4.69) is 5.32 Å². The van der Waals surface area contributed by atoms with Crippen molar-refractivity contribution in [1.29, 1.82) is 0 Å². The van der Waals surface area contributed by atoms with Gasteiger partial charge in [-0.2, -0.15) is 13.2 Å². The van der Waals surface area contributed by atoms with Crippen LogP contribution in [0.3, 0.4) is 0 Å². The van der Waals surface area contributed by atoms with E-state index in [1.165, 1.54) is 0 Å². The van der Waals surface area contributed by atoms with Crippen LogP contribution in [-0.4, -0.2) is 24.0 Å². The van der Waals surface area contributed by atoms with Gasteiger partial charge in [0.2, 0.25) is 0 Å². The molecule has 2 atom stereocenters. The van der Waals surface area contributed by atoms with Crippen molar-refractivity contribution in [2.75, 3.05) is 0 Å². The normalized spacial score (nSPS) is 16.4. The Balaban J connectivity index is 4.66. The summed E-state index contributed by atoms with van der Waals surface area (Å²) in [5, 5.41) is 2.91. The van der Waals surface area contributed by atoms with Crippen molar-refractivity contribution in [3.8, 4) is 0 Å². The number of Topliss-reactive ketones (excluding diaryl/α,β-unsaturated/α-hetero) is 1. The zero-order valence-electron chi connectivity index (χ0n) is 11.1. The Morgan fingerprint density at radius 3 is 1.88 bits per heavy atom. The molecule has 0 aromatic rings. The van der Waals surface area contributed by atoms with Crippen LogP contribution in [0, 0.1) is 11.8 Å². The molecular weight excluding hydrogens is 231 g/mol. The zero-order valence-corrected chi connectivity index (χ0v) is 11.1. The van der Waals surface area contributed by atoms with Gasteiger partial charge >= 0.3 is 6.18 Å². The summed E-state index contributed by atoms with van der Waals surface area (Å²) in [6, 6.07) is -0.727. The van der Waals surface area contributed by atoms with Crippen molar-refractivity contribution in [1.82, 2.24) is 5.32 Å². The second-order valence-electron chi connectivity index (χ2n) is 5.11. The molecule has 0 aliphatic heterocycles. The standard InChI is InChI=1S/C12H22F3NO/c1-7(2)11(17)10(16-8(3)4)6-9(5)12(13,14)15/h7-10,16H,6H2,1-5H3. The maximum atomic E-state index is 12.5. The highest BCUT2D eigenvalue weighted by molar-refractivity contribution is 5.85. The quantitative estimate of drug-likeness (QED) is 0.787. The van der Waals surface area contributed by atoms with Crippen molar-refractivity contribution >= 4 is 5.78 Å². The van der Waals surface area contributed by atoms with E-state index in [0.717, 1.165) is 6.92 Å². The average Bonchev–Trinajstić information content (AvgIpc) is 2.12. The maximum Gasteiger partial charge on any atom is 0.391 e. The van der Waals surface area contributed by atoms with Crippen molar-refractivity contribution in [2.24, 2.45) is 11.8 Å². The second kappa shape index (κ2) is 6.38. The van der Waals surface area contributed by atoms with Crippen LogP contribution in [0.25, 0.3) is 0 Å². The Morgan fingerprint density at radius 1 is 1.12 bits per heavy atom. The molecule has 0 saturated heterocycles. The second-order valence-corrected chi connectivity index (χ2v) is 5.11. The van der Waals surface area contributed by atoms with Gasteiger partial charge in [0, 0.05) is 12.0 Å². The molecule has 2 nitrogen and oxygen atoms in total. The molecule has 0 heterocycles. The largest absolute Gasteiger partial charge is 0.391 e. The number of nitrogens with one attached hydrogen (secondary N) is 1. The maximum absolute atomic E-state index is 12.5. The lowest BCUT2D eigenvalue weighted by atomic mass is 9.92. The predicted octanol–water partition coefficient (Wildman–Crippen LogP) is 3.17. The van der Waals surface area contributed by atoms with Gasteiger partial charge in [0.25, 0.3) is 0 Å². The summed E-state index contributed by atoms with van der Waals surface area (Å²) in [6.45, 7) is 8.16. The molecule has 0 fully saturated rings. The summed E-state index contributed by atoms with van der Waals surface area (Å²) in [5.74, 6) is -1.89. The number of rotatable bonds is 6. The van der Waals surface area contributed by atoms with E-state index >= 15 is 0 Å². The Hall–Kier alpha value is -0.580. The highest BCUT2D eigenvalue weighted by atomic mass is 19.4. The van der Waals surface area contributed by atoms with Crippen molar-refractivity contribution in [2.45, 2.75) is 59.3 Å². The fourth-order valence-electron chi connectivity index (χ4n) is 1.56. The molecule has 0 bridgehead atoms. The van der Waals surface area contributed by atoms with Crippen molar-refractivity contribution in [3.05, 3.63) is 0 Å². The first kappa shape index (κ1) is 16.4. The lowest BCUT2D eigenvalue weighted by molar-refractivity contribution is -0.173. The molecule has 0 saturated carbocycles. The summed E-state index contributed by atoms with van der Waals surface area (Å²) in [6.07, 6.45) is -4.44. The SMILES string of the molecule is CC(C)NC(CC(C)C(F)(F)F)C(=O)C(C)C. The van der Waals surface area contributed by atoms with Crippen LogP contribution in [0.15, 0.2) is 0 Å². The molecule has 102 valence electrons. The van der Waals surface area contributed by atoms with E-state index in [1.54, 1.807) is 13.8 Å². The van der Waals surface area contributed by atoms with Gasteiger partial charge < -0.3 is 5.32 Å². The van der Waals surface area contributed by atoms with Crippen LogP contribution in [0.5, 0.6) is 0 Å². The number of alkyl halides is 3. The van der Waals surface area contributed by atoms with Gasteiger partial charge in [0.1, 0.15) is 0 Å². The number of hydrogen-bond donors (Lipinski definition) is 1. The highest BCUT2D eigenvalue weighted by Crippen LogP contribution is 2.29. The van der Waals surface area contributed by atoms with Crippen molar-refractivity contribution in [3.63, 3.8) is 0 Å². The minimum atomic E-state index is -4.24. The van der Waals surface area contributed by atoms with E-state index in [4.69, 9.17) is 0 Å². The topological polar surface area (TPSA) is 29.1 Å². The van der Waals surface area contributed by atoms with Gasteiger partial charge in [0.15, 0.2) is 5.78 Å².